The third-order valence-electron chi connectivity index (χ3n) is 3.75. The average Bonchev–Trinajstić information content (AvgIpc) is 2.91. The fourth-order valence-electron chi connectivity index (χ4n) is 2.61. The molecular formula is C14H21N3O2S. The molecule has 1 aromatic rings. The number of hydrogen-bond acceptors (Lipinski definition) is 4. The van der Waals surface area contributed by atoms with Gasteiger partial charge in [-0.05, 0) is 39.4 Å². The molecule has 0 N–H and O–H groups in total. The highest BCUT2D eigenvalue weighted by Crippen LogP contribution is 2.20. The lowest BCUT2D eigenvalue weighted by molar-refractivity contribution is -0.131. The van der Waals surface area contributed by atoms with E-state index in [9.17, 15) is 9.59 Å². The molecule has 0 aliphatic heterocycles. The van der Waals surface area contributed by atoms with Gasteiger partial charge in [-0.1, -0.05) is 11.8 Å². The number of carbonyl (C=O) groups is 1. The first kappa shape index (κ1) is 15.1. The molecule has 5 nitrogen and oxygen atoms in total. The molecular weight excluding hydrogens is 274 g/mol. The monoisotopic (exact) mass is 295 g/mol. The molecule has 1 amide bonds. The van der Waals surface area contributed by atoms with E-state index < -0.39 is 0 Å². The minimum atomic E-state index is -0.0302. The van der Waals surface area contributed by atoms with Crippen molar-refractivity contribution in [1.29, 1.82) is 0 Å². The van der Waals surface area contributed by atoms with Gasteiger partial charge in [0.2, 0.25) is 5.91 Å². The Bertz CT molecular complexity index is 564. The molecule has 110 valence electrons. The summed E-state index contributed by atoms with van der Waals surface area (Å²) in [5, 5.41) is 0.649. The van der Waals surface area contributed by atoms with Crippen molar-refractivity contribution in [1.82, 2.24) is 14.5 Å². The van der Waals surface area contributed by atoms with Crippen molar-refractivity contribution in [2.24, 2.45) is 0 Å². The zero-order valence-electron chi connectivity index (χ0n) is 12.3. The number of rotatable bonds is 5. The van der Waals surface area contributed by atoms with Gasteiger partial charge in [0.15, 0.2) is 5.16 Å². The topological polar surface area (TPSA) is 55.2 Å². The maximum atomic E-state index is 12.5. The normalized spacial score (nSPS) is 13.3. The molecule has 0 radical (unpaired) electrons. The number of likely N-dealkylation sites (N-methyl/N-ethyl adjacent to an activating group) is 1. The van der Waals surface area contributed by atoms with E-state index >= 15 is 0 Å². The molecule has 2 rings (SSSR count). The molecule has 6 heteroatoms. The van der Waals surface area contributed by atoms with Crippen LogP contribution in [0.15, 0.2) is 9.95 Å². The van der Waals surface area contributed by atoms with Crippen LogP contribution in [0, 0.1) is 0 Å². The SMILES string of the molecule is CCN(CC)C(=O)Cn1c(SC)nc2c(c1=O)CCC2. The summed E-state index contributed by atoms with van der Waals surface area (Å²) in [5.41, 5.74) is 1.69. The lowest BCUT2D eigenvalue weighted by atomic mass is 10.2. The van der Waals surface area contributed by atoms with Crippen molar-refractivity contribution < 1.29 is 4.79 Å². The summed E-state index contributed by atoms with van der Waals surface area (Å²) < 4.78 is 1.54. The number of fused-ring (bicyclic) bond motifs is 1. The van der Waals surface area contributed by atoms with Crippen molar-refractivity contribution in [2.75, 3.05) is 19.3 Å². The summed E-state index contributed by atoms with van der Waals surface area (Å²) in [7, 11) is 0. The van der Waals surface area contributed by atoms with Crippen LogP contribution in [0.5, 0.6) is 0 Å². The van der Waals surface area contributed by atoms with Crippen LogP contribution in [0.25, 0.3) is 0 Å². The second kappa shape index (κ2) is 6.43. The van der Waals surface area contributed by atoms with Crippen molar-refractivity contribution in [3.63, 3.8) is 0 Å². The lowest BCUT2D eigenvalue weighted by Crippen LogP contribution is -2.38. The Hall–Kier alpha value is -1.30. The number of hydrogen-bond donors (Lipinski definition) is 0. The summed E-state index contributed by atoms with van der Waals surface area (Å²) in [5.74, 6) is -0.0212. The van der Waals surface area contributed by atoms with Gasteiger partial charge in [-0.2, -0.15) is 0 Å². The van der Waals surface area contributed by atoms with Crippen LogP contribution in [-0.4, -0.2) is 39.7 Å². The van der Waals surface area contributed by atoms with Crippen LogP contribution in [-0.2, 0) is 24.2 Å². The molecule has 1 aromatic heterocycles. The van der Waals surface area contributed by atoms with Gasteiger partial charge < -0.3 is 4.90 Å². The van der Waals surface area contributed by atoms with Crippen molar-refractivity contribution in [3.8, 4) is 0 Å². The van der Waals surface area contributed by atoms with E-state index in [2.05, 4.69) is 4.98 Å². The summed E-state index contributed by atoms with van der Waals surface area (Å²) in [6, 6.07) is 0. The molecule has 0 fully saturated rings. The Morgan fingerprint density at radius 3 is 2.65 bits per heavy atom. The fourth-order valence-corrected chi connectivity index (χ4v) is 3.18. The van der Waals surface area contributed by atoms with E-state index in [1.54, 1.807) is 4.90 Å². The van der Waals surface area contributed by atoms with E-state index in [4.69, 9.17) is 0 Å². The predicted octanol–water partition coefficient (Wildman–Crippen LogP) is 1.32. The number of thioether (sulfide) groups is 1. The molecule has 1 aliphatic carbocycles. The van der Waals surface area contributed by atoms with Crippen LogP contribution < -0.4 is 5.56 Å². The number of nitrogens with zero attached hydrogens (tertiary/aromatic N) is 3. The number of amides is 1. The average molecular weight is 295 g/mol. The van der Waals surface area contributed by atoms with E-state index in [-0.39, 0.29) is 18.0 Å². The second-order valence-electron chi connectivity index (χ2n) is 4.83. The predicted molar refractivity (Wildman–Crippen MR) is 80.2 cm³/mol. The van der Waals surface area contributed by atoms with Gasteiger partial charge >= 0.3 is 0 Å². The van der Waals surface area contributed by atoms with E-state index in [0.29, 0.717) is 18.2 Å². The third kappa shape index (κ3) is 2.75. The van der Waals surface area contributed by atoms with Gasteiger partial charge in [-0.25, -0.2) is 4.98 Å². The first-order chi connectivity index (χ1) is 9.62. The fraction of sp³-hybridized carbons (Fsp3) is 0.643. The standard InChI is InChI=1S/C14H21N3O2S/c1-4-16(5-2)12(18)9-17-13(19)10-7-6-8-11(10)15-14(17)20-3/h4-9H2,1-3H3. The molecule has 0 atom stereocenters. The number of carbonyl (C=O) groups excluding carboxylic acids is 1. The summed E-state index contributed by atoms with van der Waals surface area (Å²) in [6.45, 7) is 5.31. The van der Waals surface area contributed by atoms with E-state index in [1.165, 1.54) is 16.3 Å². The largest absolute Gasteiger partial charge is 0.342 e. The van der Waals surface area contributed by atoms with Crippen LogP contribution in [0.2, 0.25) is 0 Å². The van der Waals surface area contributed by atoms with Crippen molar-refractivity contribution in [2.45, 2.75) is 44.8 Å². The molecule has 0 saturated carbocycles. The van der Waals surface area contributed by atoms with Gasteiger partial charge in [-0.15, -0.1) is 0 Å². The molecule has 0 aromatic carbocycles. The van der Waals surface area contributed by atoms with Gasteiger partial charge in [0.05, 0.1) is 5.69 Å². The minimum absolute atomic E-state index is 0.0212. The zero-order valence-corrected chi connectivity index (χ0v) is 13.1. The van der Waals surface area contributed by atoms with Crippen LogP contribution in [0.1, 0.15) is 31.5 Å². The number of aryl methyl sites for hydroxylation is 1. The first-order valence-electron chi connectivity index (χ1n) is 7.06. The highest BCUT2D eigenvalue weighted by molar-refractivity contribution is 7.98. The van der Waals surface area contributed by atoms with Crippen LogP contribution in [0.3, 0.4) is 0 Å². The first-order valence-corrected chi connectivity index (χ1v) is 8.29. The molecule has 20 heavy (non-hydrogen) atoms. The van der Waals surface area contributed by atoms with Gasteiger partial charge in [0, 0.05) is 18.7 Å². The van der Waals surface area contributed by atoms with E-state index in [1.807, 2.05) is 20.1 Å². The molecule has 1 aliphatic rings. The zero-order chi connectivity index (χ0) is 14.7. The Kier molecular flexibility index (Phi) is 4.86. The quantitative estimate of drug-likeness (QED) is 0.607. The van der Waals surface area contributed by atoms with Gasteiger partial charge in [0.25, 0.3) is 5.56 Å². The van der Waals surface area contributed by atoms with Crippen LogP contribution in [0.4, 0.5) is 0 Å². The Morgan fingerprint density at radius 2 is 2.05 bits per heavy atom. The van der Waals surface area contributed by atoms with Gasteiger partial charge in [-0.3, -0.25) is 14.2 Å². The van der Waals surface area contributed by atoms with Crippen LogP contribution >= 0.6 is 11.8 Å². The Balaban J connectivity index is 2.36. The highest BCUT2D eigenvalue weighted by atomic mass is 32.2. The summed E-state index contributed by atoms with van der Waals surface area (Å²) in [4.78, 5) is 31.0. The lowest BCUT2D eigenvalue weighted by Gasteiger charge is -2.20. The summed E-state index contributed by atoms with van der Waals surface area (Å²) >= 11 is 1.43. The third-order valence-corrected chi connectivity index (χ3v) is 4.42. The highest BCUT2D eigenvalue weighted by Gasteiger charge is 2.22. The maximum Gasteiger partial charge on any atom is 0.258 e. The van der Waals surface area contributed by atoms with Crippen molar-refractivity contribution >= 4 is 17.7 Å². The molecule has 0 spiro atoms. The minimum Gasteiger partial charge on any atom is -0.342 e. The smallest absolute Gasteiger partial charge is 0.258 e. The maximum absolute atomic E-state index is 12.5. The molecule has 0 bridgehead atoms. The number of aromatic nitrogens is 2. The van der Waals surface area contributed by atoms with Crippen molar-refractivity contribution in [3.05, 3.63) is 21.6 Å². The summed E-state index contributed by atoms with van der Waals surface area (Å²) in [6.07, 6.45) is 4.54. The molecule has 0 saturated heterocycles. The second-order valence-corrected chi connectivity index (χ2v) is 5.61. The Labute approximate surface area is 123 Å². The molecule has 0 unspecified atom stereocenters. The van der Waals surface area contributed by atoms with E-state index in [0.717, 1.165) is 30.5 Å². The molecule has 1 heterocycles. The van der Waals surface area contributed by atoms with Gasteiger partial charge in [0.1, 0.15) is 6.54 Å². The Morgan fingerprint density at radius 1 is 1.35 bits per heavy atom.